The second-order valence-corrected chi connectivity index (χ2v) is 4.16. The van der Waals surface area contributed by atoms with Gasteiger partial charge in [-0.3, -0.25) is 4.79 Å². The molecule has 5 heteroatoms. The molecular weight excluding hydrogens is 274 g/mol. The normalized spacial score (nSPS) is 10.8. The number of benzene rings is 2. The van der Waals surface area contributed by atoms with Gasteiger partial charge in [0.25, 0.3) is 5.91 Å². The van der Waals surface area contributed by atoms with Gasteiger partial charge in [0.2, 0.25) is 0 Å². The molecule has 1 N–H and O–H groups in total. The molecule has 0 bridgehead atoms. The average molecular weight is 284 g/mol. The third-order valence-electron chi connectivity index (χ3n) is 2.67. The molecule has 0 heterocycles. The van der Waals surface area contributed by atoms with Gasteiger partial charge in [-0.15, -0.1) is 0 Å². The monoisotopic (exact) mass is 284 g/mol. The Kier molecular flexibility index (Phi) is 4.42. The lowest BCUT2D eigenvalue weighted by Crippen LogP contribution is -2.14. The van der Waals surface area contributed by atoms with Crippen LogP contribution in [0, 0.1) is 23.0 Å². The van der Waals surface area contributed by atoms with E-state index in [2.05, 4.69) is 5.32 Å². The summed E-state index contributed by atoms with van der Waals surface area (Å²) in [5, 5.41) is 11.3. The van der Waals surface area contributed by atoms with Gasteiger partial charge in [-0.25, -0.2) is 8.78 Å². The fourth-order valence-electron chi connectivity index (χ4n) is 1.63. The van der Waals surface area contributed by atoms with Crippen LogP contribution in [-0.4, -0.2) is 5.91 Å². The molecule has 2 aromatic carbocycles. The van der Waals surface area contributed by atoms with Crippen molar-refractivity contribution >= 4 is 17.7 Å². The zero-order valence-corrected chi connectivity index (χ0v) is 10.8. The minimum Gasteiger partial charge on any atom is -0.319 e. The van der Waals surface area contributed by atoms with Gasteiger partial charge in [0.15, 0.2) is 0 Å². The first kappa shape index (κ1) is 14.4. The summed E-state index contributed by atoms with van der Waals surface area (Å²) in [5.74, 6) is -1.74. The number of hydrogen-bond acceptors (Lipinski definition) is 2. The summed E-state index contributed by atoms with van der Waals surface area (Å²) in [6.07, 6.45) is 1.30. The number of amides is 1. The molecule has 0 saturated carbocycles. The number of nitrogens with one attached hydrogen (secondary N) is 1. The average Bonchev–Trinajstić information content (AvgIpc) is 2.49. The van der Waals surface area contributed by atoms with E-state index < -0.39 is 17.5 Å². The molecule has 0 aromatic heterocycles. The lowest BCUT2D eigenvalue weighted by molar-refractivity contribution is -0.112. The topological polar surface area (TPSA) is 52.9 Å². The van der Waals surface area contributed by atoms with E-state index in [1.165, 1.54) is 48.5 Å². The number of nitriles is 1. The number of rotatable bonds is 3. The van der Waals surface area contributed by atoms with Crippen LogP contribution in [0.3, 0.4) is 0 Å². The Hall–Kier alpha value is -3.00. The summed E-state index contributed by atoms with van der Waals surface area (Å²) in [5.41, 5.74) is 0.282. The molecular formula is C16H10F2N2O. The number of hydrogen-bond donors (Lipinski definition) is 1. The van der Waals surface area contributed by atoms with E-state index >= 15 is 0 Å². The summed E-state index contributed by atoms with van der Waals surface area (Å²) in [6, 6.07) is 12.7. The SMILES string of the molecule is N#C/C(=C\c1ccc(F)cc1)C(=O)Nc1ccccc1F. The summed E-state index contributed by atoms with van der Waals surface area (Å²) in [6.45, 7) is 0. The van der Waals surface area contributed by atoms with Crippen molar-refractivity contribution in [2.75, 3.05) is 5.32 Å². The minimum absolute atomic E-state index is 0.0113. The third kappa shape index (κ3) is 3.74. The number of halogens is 2. The molecule has 2 aromatic rings. The molecule has 0 unspecified atom stereocenters. The fraction of sp³-hybridized carbons (Fsp3) is 0. The summed E-state index contributed by atoms with van der Waals surface area (Å²) < 4.78 is 26.2. The van der Waals surface area contributed by atoms with Crippen molar-refractivity contribution in [2.24, 2.45) is 0 Å². The van der Waals surface area contributed by atoms with Crippen molar-refractivity contribution < 1.29 is 13.6 Å². The highest BCUT2D eigenvalue weighted by Crippen LogP contribution is 2.15. The van der Waals surface area contributed by atoms with Gasteiger partial charge in [0, 0.05) is 0 Å². The molecule has 2 rings (SSSR count). The Morgan fingerprint density at radius 1 is 1.10 bits per heavy atom. The highest BCUT2D eigenvalue weighted by molar-refractivity contribution is 6.09. The van der Waals surface area contributed by atoms with E-state index in [1.807, 2.05) is 0 Å². The van der Waals surface area contributed by atoms with Crippen molar-refractivity contribution in [3.8, 4) is 6.07 Å². The molecule has 0 spiro atoms. The minimum atomic E-state index is -0.730. The second kappa shape index (κ2) is 6.44. The smallest absolute Gasteiger partial charge is 0.266 e. The Labute approximate surface area is 120 Å². The number of carbonyl (C=O) groups is 1. The van der Waals surface area contributed by atoms with Gasteiger partial charge in [0.05, 0.1) is 5.69 Å². The van der Waals surface area contributed by atoms with E-state index in [0.717, 1.165) is 0 Å². The fourth-order valence-corrected chi connectivity index (χ4v) is 1.63. The van der Waals surface area contributed by atoms with Crippen molar-refractivity contribution in [2.45, 2.75) is 0 Å². The van der Waals surface area contributed by atoms with E-state index in [9.17, 15) is 13.6 Å². The van der Waals surface area contributed by atoms with Crippen molar-refractivity contribution in [1.82, 2.24) is 0 Å². The number of anilines is 1. The van der Waals surface area contributed by atoms with Crippen LogP contribution in [0.4, 0.5) is 14.5 Å². The summed E-state index contributed by atoms with van der Waals surface area (Å²) >= 11 is 0. The molecule has 0 saturated heterocycles. The Morgan fingerprint density at radius 2 is 1.76 bits per heavy atom. The predicted octanol–water partition coefficient (Wildman–Crippen LogP) is 3.51. The van der Waals surface area contributed by atoms with Crippen LogP contribution in [0.1, 0.15) is 5.56 Å². The van der Waals surface area contributed by atoms with E-state index in [-0.39, 0.29) is 11.3 Å². The maximum Gasteiger partial charge on any atom is 0.266 e. The van der Waals surface area contributed by atoms with Gasteiger partial charge in [-0.1, -0.05) is 24.3 Å². The van der Waals surface area contributed by atoms with E-state index in [1.54, 1.807) is 12.1 Å². The van der Waals surface area contributed by atoms with Crippen LogP contribution in [-0.2, 0) is 4.79 Å². The lowest BCUT2D eigenvalue weighted by Gasteiger charge is -2.05. The maximum atomic E-state index is 13.4. The molecule has 0 radical (unpaired) electrons. The van der Waals surface area contributed by atoms with Crippen molar-refractivity contribution in [1.29, 1.82) is 5.26 Å². The molecule has 0 aliphatic carbocycles. The van der Waals surface area contributed by atoms with E-state index in [4.69, 9.17) is 5.26 Å². The zero-order valence-electron chi connectivity index (χ0n) is 10.8. The van der Waals surface area contributed by atoms with Crippen molar-refractivity contribution in [3.63, 3.8) is 0 Å². The molecule has 0 atom stereocenters. The first-order chi connectivity index (χ1) is 10.1. The van der Waals surface area contributed by atoms with Crippen LogP contribution in [0.25, 0.3) is 6.08 Å². The third-order valence-corrected chi connectivity index (χ3v) is 2.67. The largest absolute Gasteiger partial charge is 0.319 e. The first-order valence-electron chi connectivity index (χ1n) is 6.03. The standard InChI is InChI=1S/C16H10F2N2O/c17-13-7-5-11(6-8-13)9-12(10-19)16(21)20-15-4-2-1-3-14(15)18/h1-9H,(H,20,21)/b12-9+. The Morgan fingerprint density at radius 3 is 2.38 bits per heavy atom. The molecule has 21 heavy (non-hydrogen) atoms. The number of para-hydroxylation sites is 1. The van der Waals surface area contributed by atoms with Gasteiger partial charge in [-0.05, 0) is 35.9 Å². The summed E-state index contributed by atoms with van der Waals surface area (Å²) in [4.78, 5) is 11.9. The second-order valence-electron chi connectivity index (χ2n) is 4.16. The van der Waals surface area contributed by atoms with Crippen LogP contribution in [0.15, 0.2) is 54.1 Å². The highest BCUT2D eigenvalue weighted by Gasteiger charge is 2.11. The number of nitrogens with zero attached hydrogens (tertiary/aromatic N) is 1. The summed E-state index contributed by atoms with van der Waals surface area (Å²) in [7, 11) is 0. The quantitative estimate of drug-likeness (QED) is 0.692. The van der Waals surface area contributed by atoms with Gasteiger partial charge < -0.3 is 5.32 Å². The van der Waals surface area contributed by atoms with Crippen LogP contribution >= 0.6 is 0 Å². The number of carbonyl (C=O) groups excluding carboxylic acids is 1. The Bertz CT molecular complexity index is 731. The maximum absolute atomic E-state index is 13.4. The highest BCUT2D eigenvalue weighted by atomic mass is 19.1. The lowest BCUT2D eigenvalue weighted by atomic mass is 10.1. The van der Waals surface area contributed by atoms with Gasteiger partial charge >= 0.3 is 0 Å². The molecule has 1 amide bonds. The first-order valence-corrected chi connectivity index (χ1v) is 6.03. The predicted molar refractivity (Wildman–Crippen MR) is 75.0 cm³/mol. The molecule has 3 nitrogen and oxygen atoms in total. The Balaban J connectivity index is 2.21. The van der Waals surface area contributed by atoms with Gasteiger partial charge in [0.1, 0.15) is 23.3 Å². The van der Waals surface area contributed by atoms with Crippen molar-refractivity contribution in [3.05, 3.63) is 71.3 Å². The van der Waals surface area contributed by atoms with Gasteiger partial charge in [-0.2, -0.15) is 5.26 Å². The zero-order chi connectivity index (χ0) is 15.2. The van der Waals surface area contributed by atoms with Crippen LogP contribution < -0.4 is 5.32 Å². The molecule has 104 valence electrons. The molecule has 0 fully saturated rings. The van der Waals surface area contributed by atoms with Crippen LogP contribution in [0.2, 0.25) is 0 Å². The van der Waals surface area contributed by atoms with E-state index in [0.29, 0.717) is 5.56 Å². The van der Waals surface area contributed by atoms with Crippen LogP contribution in [0.5, 0.6) is 0 Å². The molecule has 0 aliphatic rings. The molecule has 0 aliphatic heterocycles.